The fourth-order valence-corrected chi connectivity index (χ4v) is 4.33. The summed E-state index contributed by atoms with van der Waals surface area (Å²) in [6, 6.07) is 9.37. The molecule has 3 fully saturated rings. The topological polar surface area (TPSA) is 71.1 Å². The molecule has 0 N–H and O–H groups in total. The summed E-state index contributed by atoms with van der Waals surface area (Å²) in [7, 11) is 0. The Labute approximate surface area is 159 Å². The predicted octanol–water partition coefficient (Wildman–Crippen LogP) is 3.48. The van der Waals surface area contributed by atoms with Crippen molar-refractivity contribution in [2.75, 3.05) is 13.2 Å². The van der Waals surface area contributed by atoms with Gasteiger partial charge in [-0.3, -0.25) is 4.79 Å². The Kier molecular flexibility index (Phi) is 4.72. The first-order valence-corrected chi connectivity index (χ1v) is 9.54. The highest BCUT2D eigenvalue weighted by molar-refractivity contribution is 5.87. The first-order chi connectivity index (χ1) is 12.9. The van der Waals surface area contributed by atoms with Gasteiger partial charge in [0.2, 0.25) is 0 Å². The van der Waals surface area contributed by atoms with Crippen LogP contribution in [0.2, 0.25) is 0 Å². The van der Waals surface area contributed by atoms with Crippen LogP contribution in [0.15, 0.2) is 30.3 Å². The number of ketones is 1. The van der Waals surface area contributed by atoms with Gasteiger partial charge in [0.15, 0.2) is 17.7 Å². The van der Waals surface area contributed by atoms with Crippen molar-refractivity contribution in [3.63, 3.8) is 0 Å². The molecule has 6 nitrogen and oxygen atoms in total. The Morgan fingerprint density at radius 1 is 1.15 bits per heavy atom. The van der Waals surface area contributed by atoms with Gasteiger partial charge in [0.1, 0.15) is 6.61 Å². The van der Waals surface area contributed by atoms with E-state index in [0.29, 0.717) is 32.5 Å². The van der Waals surface area contributed by atoms with Gasteiger partial charge >= 0.3 is 6.16 Å². The second kappa shape index (κ2) is 6.91. The summed E-state index contributed by atoms with van der Waals surface area (Å²) in [5.41, 5.74) is 0.868. The normalized spacial score (nSPS) is 30.9. The van der Waals surface area contributed by atoms with Crippen LogP contribution in [-0.4, -0.2) is 37.0 Å². The number of carbonyl (C=O) groups is 2. The van der Waals surface area contributed by atoms with Crippen LogP contribution < -0.4 is 0 Å². The molecule has 4 rings (SSSR count). The smallest absolute Gasteiger partial charge is 0.429 e. The number of benzene rings is 1. The molecular weight excluding hydrogens is 348 g/mol. The van der Waals surface area contributed by atoms with Gasteiger partial charge in [-0.25, -0.2) is 4.79 Å². The molecule has 1 heterocycles. The first kappa shape index (κ1) is 18.4. The molecule has 1 unspecified atom stereocenters. The Hall–Kier alpha value is -1.92. The summed E-state index contributed by atoms with van der Waals surface area (Å²) in [5.74, 6) is -0.609. The van der Waals surface area contributed by atoms with Crippen molar-refractivity contribution in [3.8, 4) is 0 Å². The van der Waals surface area contributed by atoms with Crippen molar-refractivity contribution >= 4 is 11.9 Å². The zero-order chi connectivity index (χ0) is 19.1. The van der Waals surface area contributed by atoms with Gasteiger partial charge in [-0.2, -0.15) is 0 Å². The first-order valence-electron chi connectivity index (χ1n) is 9.54. The number of hydrogen-bond acceptors (Lipinski definition) is 6. The molecule has 3 aliphatic rings. The van der Waals surface area contributed by atoms with Crippen LogP contribution in [0.1, 0.15) is 38.7 Å². The van der Waals surface area contributed by atoms with E-state index in [9.17, 15) is 9.59 Å². The van der Waals surface area contributed by atoms with E-state index in [4.69, 9.17) is 18.9 Å². The molecule has 1 aromatic rings. The maximum atomic E-state index is 12.4. The number of ether oxygens (including phenoxy) is 4. The number of fused-ring (bicyclic) bond motifs is 1. The third-order valence-corrected chi connectivity index (χ3v) is 5.77. The van der Waals surface area contributed by atoms with Crippen LogP contribution in [0.4, 0.5) is 4.79 Å². The Morgan fingerprint density at radius 3 is 2.56 bits per heavy atom. The number of hydrogen-bond donors (Lipinski definition) is 0. The molecule has 0 amide bonds. The fraction of sp³-hybridized carbons (Fsp3) is 0.619. The lowest BCUT2D eigenvalue weighted by molar-refractivity contribution is -0.297. The van der Waals surface area contributed by atoms with Gasteiger partial charge in [0.25, 0.3) is 0 Å². The van der Waals surface area contributed by atoms with Gasteiger partial charge in [0, 0.05) is 30.6 Å². The highest BCUT2D eigenvalue weighted by atomic mass is 16.7. The largest absolute Gasteiger partial charge is 0.509 e. The fourth-order valence-electron chi connectivity index (χ4n) is 4.33. The predicted molar refractivity (Wildman–Crippen MR) is 95.8 cm³/mol. The molecule has 3 atom stereocenters. The van der Waals surface area contributed by atoms with Crippen LogP contribution in [-0.2, 0) is 30.3 Å². The van der Waals surface area contributed by atoms with Crippen LogP contribution in [0.3, 0.4) is 0 Å². The molecule has 1 aliphatic heterocycles. The lowest BCUT2D eigenvalue weighted by Gasteiger charge is -2.42. The summed E-state index contributed by atoms with van der Waals surface area (Å²) in [6.07, 6.45) is 0.0958. The van der Waals surface area contributed by atoms with E-state index in [0.717, 1.165) is 5.56 Å². The molecule has 0 bridgehead atoms. The summed E-state index contributed by atoms with van der Waals surface area (Å²) >= 11 is 0. The number of carbonyl (C=O) groups excluding carboxylic acids is 2. The molecule has 1 aromatic carbocycles. The molecule has 1 saturated heterocycles. The third-order valence-electron chi connectivity index (χ3n) is 5.77. The molecule has 146 valence electrons. The third kappa shape index (κ3) is 3.87. The molecule has 2 aliphatic carbocycles. The average molecular weight is 374 g/mol. The van der Waals surface area contributed by atoms with Crippen LogP contribution >= 0.6 is 0 Å². The van der Waals surface area contributed by atoms with Crippen molar-refractivity contribution in [1.29, 1.82) is 0 Å². The van der Waals surface area contributed by atoms with Gasteiger partial charge in [-0.05, 0) is 11.5 Å². The Bertz CT molecular complexity index is 703. The van der Waals surface area contributed by atoms with E-state index >= 15 is 0 Å². The molecule has 6 heteroatoms. The van der Waals surface area contributed by atoms with E-state index in [1.807, 2.05) is 30.3 Å². The zero-order valence-electron chi connectivity index (χ0n) is 15.8. The molecule has 0 radical (unpaired) electrons. The lowest BCUT2D eigenvalue weighted by Crippen LogP contribution is -2.47. The molecule has 0 aromatic heterocycles. The maximum absolute atomic E-state index is 12.4. The summed E-state index contributed by atoms with van der Waals surface area (Å²) in [5, 5.41) is 0. The van der Waals surface area contributed by atoms with Gasteiger partial charge in [-0.15, -0.1) is 0 Å². The minimum Gasteiger partial charge on any atom is -0.429 e. The second-order valence-electron chi connectivity index (χ2n) is 8.72. The van der Waals surface area contributed by atoms with E-state index < -0.39 is 18.0 Å². The van der Waals surface area contributed by atoms with Gasteiger partial charge < -0.3 is 18.9 Å². The van der Waals surface area contributed by atoms with E-state index in [2.05, 4.69) is 13.8 Å². The van der Waals surface area contributed by atoms with Crippen molar-refractivity contribution in [2.24, 2.45) is 17.3 Å². The van der Waals surface area contributed by atoms with Crippen LogP contribution in [0.25, 0.3) is 0 Å². The molecular formula is C21H26O6. The summed E-state index contributed by atoms with van der Waals surface area (Å²) in [6.45, 7) is 5.59. The summed E-state index contributed by atoms with van der Waals surface area (Å²) in [4.78, 5) is 24.5. The zero-order valence-corrected chi connectivity index (χ0v) is 15.8. The SMILES string of the molecule is CC1(C)COC2(C[C@@H]3CC(=O)C(OC(=O)OCc4ccccc4)[C@@H]3C2)OC1. The Morgan fingerprint density at radius 2 is 1.85 bits per heavy atom. The van der Waals surface area contributed by atoms with Crippen molar-refractivity contribution < 1.29 is 28.5 Å². The standard InChI is InChI=1S/C21H26O6/c1-20(2)12-25-21(26-13-20)9-15-8-17(22)18(16(15)10-21)27-19(23)24-11-14-6-4-3-5-7-14/h3-7,15-16,18H,8-13H2,1-2H3/t15-,16+,18?/m0/s1. The molecule has 2 saturated carbocycles. The average Bonchev–Trinajstić information content (AvgIpc) is 3.12. The van der Waals surface area contributed by atoms with Crippen LogP contribution in [0, 0.1) is 17.3 Å². The van der Waals surface area contributed by atoms with E-state index in [1.54, 1.807) is 0 Å². The maximum Gasteiger partial charge on any atom is 0.509 e. The van der Waals surface area contributed by atoms with Crippen molar-refractivity contribution in [2.45, 2.75) is 51.6 Å². The Balaban J connectivity index is 1.35. The molecule has 27 heavy (non-hydrogen) atoms. The van der Waals surface area contributed by atoms with Crippen molar-refractivity contribution in [1.82, 2.24) is 0 Å². The van der Waals surface area contributed by atoms with Crippen LogP contribution in [0.5, 0.6) is 0 Å². The minimum absolute atomic E-state index is 0.00405. The van der Waals surface area contributed by atoms with E-state index in [-0.39, 0.29) is 29.6 Å². The van der Waals surface area contributed by atoms with Crippen molar-refractivity contribution in [3.05, 3.63) is 35.9 Å². The number of rotatable bonds is 3. The number of Topliss-reactive ketones (excluding diaryl/α,β-unsaturated/α-hetero) is 1. The monoisotopic (exact) mass is 374 g/mol. The minimum atomic E-state index is -0.801. The highest BCUT2D eigenvalue weighted by Gasteiger charge is 2.58. The van der Waals surface area contributed by atoms with Gasteiger partial charge in [0.05, 0.1) is 13.2 Å². The quantitative estimate of drug-likeness (QED) is 0.755. The second-order valence-corrected chi connectivity index (χ2v) is 8.72. The van der Waals surface area contributed by atoms with Gasteiger partial charge in [-0.1, -0.05) is 44.2 Å². The lowest BCUT2D eigenvalue weighted by atomic mass is 9.94. The summed E-state index contributed by atoms with van der Waals surface area (Å²) < 4.78 is 22.7. The highest BCUT2D eigenvalue weighted by Crippen LogP contribution is 2.52. The van der Waals surface area contributed by atoms with E-state index in [1.165, 1.54) is 0 Å². The molecule has 1 spiro atoms.